The fourth-order valence-electron chi connectivity index (χ4n) is 1.52. The van der Waals surface area contributed by atoms with Gasteiger partial charge >= 0.3 is 0 Å². The van der Waals surface area contributed by atoms with Crippen molar-refractivity contribution in [1.82, 2.24) is 4.98 Å². The molecular formula is C14H13Cl3N2O. The Labute approximate surface area is 132 Å². The quantitative estimate of drug-likeness (QED) is 0.718. The van der Waals surface area contributed by atoms with Gasteiger partial charge in [0.2, 0.25) is 5.88 Å². The average molecular weight is 332 g/mol. The molecule has 0 spiro atoms. The lowest BCUT2D eigenvalue weighted by Gasteiger charge is -2.10. The van der Waals surface area contributed by atoms with E-state index in [2.05, 4.69) is 17.2 Å². The zero-order valence-corrected chi connectivity index (χ0v) is 13.1. The summed E-state index contributed by atoms with van der Waals surface area (Å²) < 4.78 is 5.64. The van der Waals surface area contributed by atoms with Crippen LogP contribution in [0.3, 0.4) is 0 Å². The number of nitrogens with zero attached hydrogens (tertiary/aromatic N) is 1. The summed E-state index contributed by atoms with van der Waals surface area (Å²) in [6.07, 6.45) is 1.02. The molecule has 0 saturated carbocycles. The third kappa shape index (κ3) is 3.92. The number of nitrogens with one attached hydrogen (secondary N) is 1. The van der Waals surface area contributed by atoms with Gasteiger partial charge in [0.05, 0.1) is 15.1 Å². The maximum atomic E-state index is 6.06. The fraction of sp³-hybridized carbons (Fsp3) is 0.214. The summed E-state index contributed by atoms with van der Waals surface area (Å²) in [4.78, 5) is 4.33. The molecule has 0 radical (unpaired) electrons. The average Bonchev–Trinajstić information content (AvgIpc) is 2.43. The first-order valence-corrected chi connectivity index (χ1v) is 7.27. The van der Waals surface area contributed by atoms with E-state index in [1.165, 1.54) is 0 Å². The van der Waals surface area contributed by atoms with E-state index in [9.17, 15) is 0 Å². The molecule has 0 atom stereocenters. The van der Waals surface area contributed by atoms with Crippen LogP contribution in [-0.4, -0.2) is 11.5 Å². The molecule has 1 heterocycles. The summed E-state index contributed by atoms with van der Waals surface area (Å²) in [7, 11) is 0. The van der Waals surface area contributed by atoms with Crippen LogP contribution >= 0.6 is 34.8 Å². The van der Waals surface area contributed by atoms with E-state index in [1.54, 1.807) is 18.2 Å². The van der Waals surface area contributed by atoms with E-state index in [1.807, 2.05) is 12.1 Å². The van der Waals surface area contributed by atoms with Gasteiger partial charge in [-0.15, -0.1) is 0 Å². The van der Waals surface area contributed by atoms with Gasteiger partial charge in [-0.05, 0) is 18.6 Å². The van der Waals surface area contributed by atoms with Crippen molar-refractivity contribution in [2.75, 3.05) is 11.9 Å². The fourth-order valence-corrected chi connectivity index (χ4v) is 2.09. The van der Waals surface area contributed by atoms with E-state index in [0.29, 0.717) is 26.7 Å². The van der Waals surface area contributed by atoms with Crippen LogP contribution in [0.4, 0.5) is 5.82 Å². The summed E-state index contributed by atoms with van der Waals surface area (Å²) in [5, 5.41) is 4.33. The van der Waals surface area contributed by atoms with Gasteiger partial charge in [0, 0.05) is 18.7 Å². The number of aromatic nitrogens is 1. The zero-order chi connectivity index (χ0) is 14.5. The number of rotatable bonds is 5. The summed E-state index contributed by atoms with van der Waals surface area (Å²) in [6.45, 7) is 2.94. The SMILES string of the molecule is CCCNc1cccc(Oc2cc(Cl)c(Cl)cc2Cl)n1. The predicted octanol–water partition coefficient (Wildman–Crippen LogP) is 5.66. The van der Waals surface area contributed by atoms with Gasteiger partial charge in [-0.1, -0.05) is 47.8 Å². The minimum absolute atomic E-state index is 0.381. The Morgan fingerprint density at radius 2 is 1.85 bits per heavy atom. The molecule has 0 aliphatic carbocycles. The summed E-state index contributed by atoms with van der Waals surface area (Å²) in [5.41, 5.74) is 0. The molecule has 20 heavy (non-hydrogen) atoms. The second-order valence-corrected chi connectivity index (χ2v) is 5.31. The lowest BCUT2D eigenvalue weighted by atomic mass is 10.3. The van der Waals surface area contributed by atoms with Crippen LogP contribution in [0, 0.1) is 0 Å². The zero-order valence-electron chi connectivity index (χ0n) is 10.8. The molecule has 0 unspecified atom stereocenters. The molecule has 0 saturated heterocycles. The second kappa shape index (κ2) is 7.02. The van der Waals surface area contributed by atoms with Gasteiger partial charge in [-0.3, -0.25) is 0 Å². The van der Waals surface area contributed by atoms with Crippen molar-refractivity contribution in [2.24, 2.45) is 0 Å². The lowest BCUT2D eigenvalue weighted by molar-refractivity contribution is 0.464. The number of halogens is 3. The Balaban J connectivity index is 2.19. The number of pyridine rings is 1. The molecule has 3 nitrogen and oxygen atoms in total. The highest BCUT2D eigenvalue weighted by Gasteiger charge is 2.09. The lowest BCUT2D eigenvalue weighted by Crippen LogP contribution is -2.02. The molecule has 0 fully saturated rings. The Morgan fingerprint density at radius 1 is 1.10 bits per heavy atom. The van der Waals surface area contributed by atoms with Crippen LogP contribution in [0.5, 0.6) is 11.6 Å². The van der Waals surface area contributed by atoms with Crippen LogP contribution in [0.1, 0.15) is 13.3 Å². The molecule has 1 N–H and O–H groups in total. The van der Waals surface area contributed by atoms with Crippen molar-refractivity contribution in [3.63, 3.8) is 0 Å². The molecule has 106 valence electrons. The van der Waals surface area contributed by atoms with Gasteiger partial charge < -0.3 is 10.1 Å². The molecule has 0 amide bonds. The first-order valence-electron chi connectivity index (χ1n) is 6.13. The van der Waals surface area contributed by atoms with Gasteiger partial charge in [0.15, 0.2) is 0 Å². The molecular weight excluding hydrogens is 319 g/mol. The van der Waals surface area contributed by atoms with E-state index in [0.717, 1.165) is 18.8 Å². The Bertz CT molecular complexity index is 605. The van der Waals surface area contributed by atoms with Gasteiger partial charge in [0.25, 0.3) is 0 Å². The van der Waals surface area contributed by atoms with E-state index in [4.69, 9.17) is 39.5 Å². The Morgan fingerprint density at radius 3 is 2.60 bits per heavy atom. The maximum absolute atomic E-state index is 6.06. The monoisotopic (exact) mass is 330 g/mol. The Kier molecular flexibility index (Phi) is 5.35. The largest absolute Gasteiger partial charge is 0.437 e. The topological polar surface area (TPSA) is 34.1 Å². The van der Waals surface area contributed by atoms with Crippen LogP contribution in [0.25, 0.3) is 0 Å². The highest BCUT2D eigenvalue weighted by molar-refractivity contribution is 6.43. The van der Waals surface area contributed by atoms with Crippen LogP contribution < -0.4 is 10.1 Å². The predicted molar refractivity (Wildman–Crippen MR) is 84.6 cm³/mol. The molecule has 6 heteroatoms. The van der Waals surface area contributed by atoms with Crippen molar-refractivity contribution in [1.29, 1.82) is 0 Å². The van der Waals surface area contributed by atoms with E-state index >= 15 is 0 Å². The van der Waals surface area contributed by atoms with Crippen LogP contribution in [-0.2, 0) is 0 Å². The van der Waals surface area contributed by atoms with Crippen molar-refractivity contribution >= 4 is 40.6 Å². The van der Waals surface area contributed by atoms with Crippen LogP contribution in [0.2, 0.25) is 15.1 Å². The highest BCUT2D eigenvalue weighted by atomic mass is 35.5. The summed E-state index contributed by atoms with van der Waals surface area (Å²) in [5.74, 6) is 1.60. The molecule has 2 aromatic rings. The van der Waals surface area contributed by atoms with Gasteiger partial charge in [0.1, 0.15) is 11.6 Å². The molecule has 0 aliphatic rings. The summed E-state index contributed by atoms with van der Waals surface area (Å²) >= 11 is 17.9. The normalized spacial score (nSPS) is 10.4. The number of hydrogen-bond acceptors (Lipinski definition) is 3. The standard InChI is InChI=1S/C14H13Cl3N2O/c1-2-6-18-13-4-3-5-14(19-13)20-12-8-10(16)9(15)7-11(12)17/h3-5,7-8H,2,6H2,1H3,(H,18,19). The van der Waals surface area contributed by atoms with Crippen molar-refractivity contribution < 1.29 is 4.74 Å². The van der Waals surface area contributed by atoms with E-state index < -0.39 is 0 Å². The highest BCUT2D eigenvalue weighted by Crippen LogP contribution is 2.36. The van der Waals surface area contributed by atoms with Crippen molar-refractivity contribution in [3.05, 3.63) is 45.4 Å². The number of benzene rings is 1. The third-order valence-electron chi connectivity index (χ3n) is 2.47. The van der Waals surface area contributed by atoms with Crippen molar-refractivity contribution in [3.8, 4) is 11.6 Å². The van der Waals surface area contributed by atoms with Crippen molar-refractivity contribution in [2.45, 2.75) is 13.3 Å². The van der Waals surface area contributed by atoms with E-state index in [-0.39, 0.29) is 0 Å². The molecule has 0 aliphatic heterocycles. The molecule has 1 aromatic carbocycles. The molecule has 0 bridgehead atoms. The molecule has 1 aromatic heterocycles. The first kappa shape index (κ1) is 15.2. The smallest absolute Gasteiger partial charge is 0.221 e. The number of hydrogen-bond donors (Lipinski definition) is 1. The third-order valence-corrected chi connectivity index (χ3v) is 3.49. The minimum atomic E-state index is 0.381. The second-order valence-electron chi connectivity index (χ2n) is 4.09. The maximum Gasteiger partial charge on any atom is 0.221 e. The van der Waals surface area contributed by atoms with Gasteiger partial charge in [-0.2, -0.15) is 4.98 Å². The first-order chi connectivity index (χ1) is 9.60. The Hall–Kier alpha value is -1.16. The number of ether oxygens (including phenoxy) is 1. The summed E-state index contributed by atoms with van der Waals surface area (Å²) in [6, 6.07) is 8.58. The molecule has 2 rings (SSSR count). The minimum Gasteiger partial charge on any atom is -0.437 e. The van der Waals surface area contributed by atoms with Crippen LogP contribution in [0.15, 0.2) is 30.3 Å². The van der Waals surface area contributed by atoms with Gasteiger partial charge in [-0.25, -0.2) is 0 Å². The number of anilines is 1.